The molecular weight excluding hydrogens is 284 g/mol. The zero-order valence-electron chi connectivity index (χ0n) is 14.3. The van der Waals surface area contributed by atoms with Crippen molar-refractivity contribution in [3.63, 3.8) is 0 Å². The van der Waals surface area contributed by atoms with Gasteiger partial charge in [-0.05, 0) is 40.0 Å². The lowest BCUT2D eigenvalue weighted by Crippen LogP contribution is -2.32. The number of piperidine rings is 1. The highest BCUT2D eigenvalue weighted by atomic mass is 15.2. The summed E-state index contributed by atoms with van der Waals surface area (Å²) in [4.78, 5) is 11.9. The van der Waals surface area contributed by atoms with E-state index in [4.69, 9.17) is 9.97 Å². The highest BCUT2D eigenvalue weighted by Gasteiger charge is 2.17. The lowest BCUT2D eigenvalue weighted by atomic mass is 10.1. The van der Waals surface area contributed by atoms with Crippen LogP contribution in [-0.2, 0) is 0 Å². The fourth-order valence-corrected chi connectivity index (χ4v) is 2.87. The van der Waals surface area contributed by atoms with Crippen LogP contribution in [0.4, 0.5) is 11.8 Å². The number of benzene rings is 1. The van der Waals surface area contributed by atoms with Crippen molar-refractivity contribution in [2.24, 2.45) is 0 Å². The standard InChI is InChI=1S/C19H26N4/c1-19(2,3)22-18-20-16(15-10-6-4-7-11-15)14-17(21-18)23-12-8-5-9-13-23/h4,6-7,10-11,14H,5,8-9,12-13H2,1-3H3,(H,20,21,22). The van der Waals surface area contributed by atoms with E-state index in [1.165, 1.54) is 19.3 Å². The molecule has 0 unspecified atom stereocenters. The molecular formula is C19H26N4. The van der Waals surface area contributed by atoms with Gasteiger partial charge in [-0.25, -0.2) is 4.98 Å². The molecule has 1 aromatic heterocycles. The molecule has 0 atom stereocenters. The van der Waals surface area contributed by atoms with E-state index in [2.05, 4.69) is 61.3 Å². The molecule has 23 heavy (non-hydrogen) atoms. The van der Waals surface area contributed by atoms with Gasteiger partial charge in [0.25, 0.3) is 0 Å². The average molecular weight is 310 g/mol. The maximum absolute atomic E-state index is 4.77. The summed E-state index contributed by atoms with van der Waals surface area (Å²) in [7, 11) is 0. The second kappa shape index (κ2) is 6.57. The van der Waals surface area contributed by atoms with Crippen molar-refractivity contribution in [3.8, 4) is 11.3 Å². The van der Waals surface area contributed by atoms with E-state index in [-0.39, 0.29) is 5.54 Å². The predicted molar refractivity (Wildman–Crippen MR) is 96.9 cm³/mol. The summed E-state index contributed by atoms with van der Waals surface area (Å²) in [6, 6.07) is 12.5. The molecule has 122 valence electrons. The van der Waals surface area contributed by atoms with Crippen LogP contribution in [0, 0.1) is 0 Å². The van der Waals surface area contributed by atoms with E-state index in [1.54, 1.807) is 0 Å². The van der Waals surface area contributed by atoms with Crippen LogP contribution in [0.15, 0.2) is 36.4 Å². The molecule has 1 fully saturated rings. The van der Waals surface area contributed by atoms with Crippen molar-refractivity contribution in [1.29, 1.82) is 0 Å². The Bertz CT molecular complexity index is 640. The van der Waals surface area contributed by atoms with Crippen LogP contribution in [0.5, 0.6) is 0 Å². The maximum atomic E-state index is 4.77. The summed E-state index contributed by atoms with van der Waals surface area (Å²) in [5.41, 5.74) is 2.05. The fraction of sp³-hybridized carbons (Fsp3) is 0.474. The highest BCUT2D eigenvalue weighted by molar-refractivity contribution is 5.65. The van der Waals surface area contributed by atoms with Crippen LogP contribution in [0.25, 0.3) is 11.3 Å². The second-order valence-corrected chi connectivity index (χ2v) is 7.22. The molecule has 1 aliphatic heterocycles. The van der Waals surface area contributed by atoms with Crippen molar-refractivity contribution >= 4 is 11.8 Å². The third kappa shape index (κ3) is 4.21. The van der Waals surface area contributed by atoms with Crippen LogP contribution in [0.3, 0.4) is 0 Å². The number of hydrogen-bond acceptors (Lipinski definition) is 4. The minimum absolute atomic E-state index is 0.0610. The van der Waals surface area contributed by atoms with Gasteiger partial charge in [0.1, 0.15) is 5.82 Å². The highest BCUT2D eigenvalue weighted by Crippen LogP contribution is 2.26. The molecule has 1 aromatic carbocycles. The fourth-order valence-electron chi connectivity index (χ4n) is 2.87. The smallest absolute Gasteiger partial charge is 0.225 e. The SMILES string of the molecule is CC(C)(C)Nc1nc(-c2ccccc2)cc(N2CCCCC2)n1. The number of anilines is 2. The first-order valence-corrected chi connectivity index (χ1v) is 8.49. The zero-order valence-corrected chi connectivity index (χ0v) is 14.3. The number of hydrogen-bond donors (Lipinski definition) is 1. The topological polar surface area (TPSA) is 41.1 Å². The van der Waals surface area contributed by atoms with Crippen molar-refractivity contribution in [2.45, 2.75) is 45.6 Å². The first-order valence-electron chi connectivity index (χ1n) is 8.49. The Hall–Kier alpha value is -2.10. The van der Waals surface area contributed by atoms with E-state index >= 15 is 0 Å². The number of rotatable bonds is 3. The predicted octanol–water partition coefficient (Wildman–Crippen LogP) is 4.34. The number of nitrogens with zero attached hydrogens (tertiary/aromatic N) is 3. The Labute approximate surface area is 139 Å². The molecule has 0 spiro atoms. The largest absolute Gasteiger partial charge is 0.356 e. The summed E-state index contributed by atoms with van der Waals surface area (Å²) >= 11 is 0. The van der Waals surface area contributed by atoms with E-state index < -0.39 is 0 Å². The molecule has 0 amide bonds. The van der Waals surface area contributed by atoms with Crippen molar-refractivity contribution in [3.05, 3.63) is 36.4 Å². The van der Waals surface area contributed by atoms with Crippen LogP contribution >= 0.6 is 0 Å². The Morgan fingerprint density at radius 3 is 2.30 bits per heavy atom. The van der Waals surface area contributed by atoms with E-state index in [0.717, 1.165) is 30.2 Å². The van der Waals surface area contributed by atoms with Gasteiger partial charge in [0, 0.05) is 30.3 Å². The minimum Gasteiger partial charge on any atom is -0.356 e. The molecule has 4 heteroatoms. The Balaban J connectivity index is 1.99. The first kappa shape index (κ1) is 15.8. The first-order chi connectivity index (χ1) is 11.0. The maximum Gasteiger partial charge on any atom is 0.225 e. The molecule has 2 heterocycles. The van der Waals surface area contributed by atoms with Crippen LogP contribution in [-0.4, -0.2) is 28.6 Å². The Morgan fingerprint density at radius 2 is 1.65 bits per heavy atom. The molecule has 1 aliphatic rings. The molecule has 2 aromatic rings. The van der Waals surface area contributed by atoms with Crippen molar-refractivity contribution in [1.82, 2.24) is 9.97 Å². The van der Waals surface area contributed by atoms with Gasteiger partial charge in [-0.1, -0.05) is 30.3 Å². The van der Waals surface area contributed by atoms with Crippen molar-refractivity contribution in [2.75, 3.05) is 23.3 Å². The van der Waals surface area contributed by atoms with Gasteiger partial charge in [-0.2, -0.15) is 4.98 Å². The molecule has 0 bridgehead atoms. The summed E-state index contributed by atoms with van der Waals surface area (Å²) in [5.74, 6) is 1.74. The van der Waals surface area contributed by atoms with E-state index in [9.17, 15) is 0 Å². The third-order valence-corrected chi connectivity index (χ3v) is 3.95. The molecule has 0 saturated carbocycles. The lowest BCUT2D eigenvalue weighted by molar-refractivity contribution is 0.572. The monoisotopic (exact) mass is 310 g/mol. The number of aromatic nitrogens is 2. The molecule has 3 rings (SSSR count). The summed E-state index contributed by atoms with van der Waals surface area (Å²) in [6.07, 6.45) is 3.81. The van der Waals surface area contributed by atoms with Crippen molar-refractivity contribution < 1.29 is 0 Å². The molecule has 4 nitrogen and oxygen atoms in total. The Kier molecular flexibility index (Phi) is 4.51. The van der Waals surface area contributed by atoms with Gasteiger partial charge >= 0.3 is 0 Å². The molecule has 1 saturated heterocycles. The second-order valence-electron chi connectivity index (χ2n) is 7.22. The van der Waals surface area contributed by atoms with Gasteiger partial charge in [0.05, 0.1) is 5.69 Å². The normalized spacial score (nSPS) is 15.5. The van der Waals surface area contributed by atoms with E-state index in [0.29, 0.717) is 5.95 Å². The molecule has 1 N–H and O–H groups in total. The van der Waals surface area contributed by atoms with Crippen LogP contribution in [0.1, 0.15) is 40.0 Å². The summed E-state index contributed by atoms with van der Waals surface area (Å²) in [5, 5.41) is 3.42. The third-order valence-electron chi connectivity index (χ3n) is 3.95. The van der Waals surface area contributed by atoms with Gasteiger partial charge < -0.3 is 10.2 Å². The number of nitrogens with one attached hydrogen (secondary N) is 1. The average Bonchev–Trinajstić information content (AvgIpc) is 2.55. The molecule has 0 aliphatic carbocycles. The lowest BCUT2D eigenvalue weighted by Gasteiger charge is -2.29. The van der Waals surface area contributed by atoms with E-state index in [1.807, 2.05) is 6.07 Å². The summed E-state index contributed by atoms with van der Waals surface area (Å²) < 4.78 is 0. The quantitative estimate of drug-likeness (QED) is 0.915. The van der Waals surface area contributed by atoms with Crippen LogP contribution < -0.4 is 10.2 Å². The van der Waals surface area contributed by atoms with Gasteiger partial charge in [-0.3, -0.25) is 0 Å². The zero-order chi connectivity index (χ0) is 16.3. The van der Waals surface area contributed by atoms with Gasteiger partial charge in [-0.15, -0.1) is 0 Å². The Morgan fingerprint density at radius 1 is 0.957 bits per heavy atom. The van der Waals surface area contributed by atoms with Gasteiger partial charge in [0.2, 0.25) is 5.95 Å². The van der Waals surface area contributed by atoms with Crippen LogP contribution in [0.2, 0.25) is 0 Å². The summed E-state index contributed by atoms with van der Waals surface area (Å²) in [6.45, 7) is 8.56. The molecule has 0 radical (unpaired) electrons. The van der Waals surface area contributed by atoms with Gasteiger partial charge in [0.15, 0.2) is 0 Å². The minimum atomic E-state index is -0.0610.